The van der Waals surface area contributed by atoms with Crippen LogP contribution >= 0.6 is 0 Å². The van der Waals surface area contributed by atoms with Crippen LogP contribution in [0.15, 0.2) is 0 Å². The highest BCUT2D eigenvalue weighted by Gasteiger charge is 2.45. The molecule has 2 heterocycles. The maximum Gasteiger partial charge on any atom is 0.146 e. The van der Waals surface area contributed by atoms with Crippen LogP contribution in [-0.4, -0.2) is 32.0 Å². The molecule has 0 unspecified atom stereocenters. The summed E-state index contributed by atoms with van der Waals surface area (Å²) >= 11 is 0. The SMILES string of the molecule is CCc1nnc(CN[C@H]2CC(C)(C)OC2(C)C)n1C. The van der Waals surface area contributed by atoms with Crippen LogP contribution in [0.3, 0.4) is 0 Å². The second kappa shape index (κ2) is 4.87. The second-order valence-electron chi connectivity index (χ2n) is 6.55. The lowest BCUT2D eigenvalue weighted by Gasteiger charge is -2.27. The van der Waals surface area contributed by atoms with E-state index in [2.05, 4.69) is 54.7 Å². The number of nitrogens with zero attached hydrogens (tertiary/aromatic N) is 3. The Balaban J connectivity index is 2.01. The van der Waals surface area contributed by atoms with E-state index in [0.717, 1.165) is 31.0 Å². The number of hydrogen-bond donors (Lipinski definition) is 1. The molecule has 1 fully saturated rings. The molecule has 5 heteroatoms. The van der Waals surface area contributed by atoms with Gasteiger partial charge in [-0.05, 0) is 34.1 Å². The van der Waals surface area contributed by atoms with Gasteiger partial charge in [0, 0.05) is 19.5 Å². The Labute approximate surface area is 115 Å². The molecule has 0 amide bonds. The Morgan fingerprint density at radius 1 is 1.26 bits per heavy atom. The van der Waals surface area contributed by atoms with E-state index in [-0.39, 0.29) is 11.2 Å². The fourth-order valence-corrected chi connectivity index (χ4v) is 2.96. The zero-order chi connectivity index (χ0) is 14.3. The normalized spacial score (nSPS) is 24.8. The van der Waals surface area contributed by atoms with E-state index in [1.54, 1.807) is 0 Å². The van der Waals surface area contributed by atoms with E-state index in [0.29, 0.717) is 6.04 Å². The van der Waals surface area contributed by atoms with Gasteiger partial charge in [-0.2, -0.15) is 0 Å². The van der Waals surface area contributed by atoms with Crippen molar-refractivity contribution in [3.63, 3.8) is 0 Å². The number of ether oxygens (including phenoxy) is 1. The molecule has 0 saturated carbocycles. The van der Waals surface area contributed by atoms with Gasteiger partial charge in [0.15, 0.2) is 0 Å². The Bertz CT molecular complexity index is 450. The lowest BCUT2D eigenvalue weighted by molar-refractivity contribution is -0.0699. The first-order valence-electron chi connectivity index (χ1n) is 7.06. The number of hydrogen-bond acceptors (Lipinski definition) is 4. The van der Waals surface area contributed by atoms with Crippen molar-refractivity contribution in [1.82, 2.24) is 20.1 Å². The van der Waals surface area contributed by atoms with Crippen LogP contribution < -0.4 is 5.32 Å². The molecule has 1 aromatic heterocycles. The summed E-state index contributed by atoms with van der Waals surface area (Å²) in [5, 5.41) is 12.0. The van der Waals surface area contributed by atoms with E-state index in [9.17, 15) is 0 Å². The zero-order valence-corrected chi connectivity index (χ0v) is 12.9. The van der Waals surface area contributed by atoms with Crippen LogP contribution in [0.2, 0.25) is 0 Å². The van der Waals surface area contributed by atoms with Gasteiger partial charge in [-0.1, -0.05) is 6.92 Å². The minimum Gasteiger partial charge on any atom is -0.368 e. The largest absolute Gasteiger partial charge is 0.368 e. The highest BCUT2D eigenvalue weighted by atomic mass is 16.5. The van der Waals surface area contributed by atoms with Gasteiger partial charge in [0.1, 0.15) is 11.6 Å². The van der Waals surface area contributed by atoms with Crippen LogP contribution in [0.5, 0.6) is 0 Å². The van der Waals surface area contributed by atoms with Gasteiger partial charge < -0.3 is 14.6 Å². The summed E-state index contributed by atoms with van der Waals surface area (Å²) in [4.78, 5) is 0. The van der Waals surface area contributed by atoms with Crippen molar-refractivity contribution < 1.29 is 4.74 Å². The van der Waals surface area contributed by atoms with E-state index >= 15 is 0 Å². The smallest absolute Gasteiger partial charge is 0.146 e. The van der Waals surface area contributed by atoms with Gasteiger partial charge in [-0.3, -0.25) is 0 Å². The Morgan fingerprint density at radius 3 is 2.37 bits per heavy atom. The molecule has 2 rings (SSSR count). The number of aromatic nitrogens is 3. The van der Waals surface area contributed by atoms with Crippen LogP contribution in [0.25, 0.3) is 0 Å². The third kappa shape index (κ3) is 2.98. The maximum atomic E-state index is 6.09. The molecule has 0 aromatic carbocycles. The molecule has 19 heavy (non-hydrogen) atoms. The standard InChI is InChI=1S/C14H26N4O/c1-7-11-16-17-12(18(11)6)9-15-10-8-13(2,3)19-14(10,4)5/h10,15H,7-9H2,1-6H3/t10-/m0/s1. The summed E-state index contributed by atoms with van der Waals surface area (Å²) in [5.41, 5.74) is -0.203. The average Bonchev–Trinajstić information content (AvgIpc) is 2.73. The fraction of sp³-hybridized carbons (Fsp3) is 0.857. The molecule has 1 atom stereocenters. The Hall–Kier alpha value is -0.940. The minimum atomic E-state index is -0.143. The van der Waals surface area contributed by atoms with Crippen LogP contribution in [0.1, 0.15) is 52.7 Å². The molecule has 0 spiro atoms. The van der Waals surface area contributed by atoms with E-state index < -0.39 is 0 Å². The zero-order valence-electron chi connectivity index (χ0n) is 12.9. The molecule has 0 bridgehead atoms. The fourth-order valence-electron chi connectivity index (χ4n) is 2.96. The van der Waals surface area contributed by atoms with Gasteiger partial charge in [0.25, 0.3) is 0 Å². The van der Waals surface area contributed by atoms with Crippen molar-refractivity contribution in [2.45, 2.75) is 71.2 Å². The van der Waals surface area contributed by atoms with Crippen molar-refractivity contribution in [3.8, 4) is 0 Å². The van der Waals surface area contributed by atoms with E-state index in [1.807, 2.05) is 7.05 Å². The molecular weight excluding hydrogens is 240 g/mol. The molecule has 1 aromatic rings. The molecule has 0 radical (unpaired) electrons. The van der Waals surface area contributed by atoms with Gasteiger partial charge in [-0.15, -0.1) is 10.2 Å². The summed E-state index contributed by atoms with van der Waals surface area (Å²) in [6, 6.07) is 0.337. The highest BCUT2D eigenvalue weighted by Crippen LogP contribution is 2.37. The van der Waals surface area contributed by atoms with Crippen LogP contribution in [0.4, 0.5) is 0 Å². The summed E-state index contributed by atoms with van der Waals surface area (Å²) in [6.45, 7) is 11.4. The third-order valence-electron chi connectivity index (χ3n) is 3.95. The number of rotatable bonds is 4. The summed E-state index contributed by atoms with van der Waals surface area (Å²) in [7, 11) is 2.02. The first kappa shape index (κ1) is 14.5. The quantitative estimate of drug-likeness (QED) is 0.903. The van der Waals surface area contributed by atoms with Gasteiger partial charge in [-0.25, -0.2) is 0 Å². The van der Waals surface area contributed by atoms with Crippen molar-refractivity contribution in [2.24, 2.45) is 7.05 Å². The minimum absolute atomic E-state index is 0.0599. The number of nitrogens with one attached hydrogen (secondary N) is 1. The number of aryl methyl sites for hydroxylation is 1. The highest BCUT2D eigenvalue weighted by molar-refractivity contribution is 5.01. The van der Waals surface area contributed by atoms with Crippen molar-refractivity contribution in [1.29, 1.82) is 0 Å². The third-order valence-corrected chi connectivity index (χ3v) is 3.95. The first-order chi connectivity index (χ1) is 8.75. The monoisotopic (exact) mass is 266 g/mol. The first-order valence-corrected chi connectivity index (χ1v) is 7.06. The molecule has 5 nitrogen and oxygen atoms in total. The molecule has 0 aliphatic carbocycles. The van der Waals surface area contributed by atoms with E-state index in [1.165, 1.54) is 0 Å². The van der Waals surface area contributed by atoms with Crippen LogP contribution in [0, 0.1) is 0 Å². The van der Waals surface area contributed by atoms with E-state index in [4.69, 9.17) is 4.74 Å². The van der Waals surface area contributed by atoms with Gasteiger partial charge >= 0.3 is 0 Å². The van der Waals surface area contributed by atoms with Gasteiger partial charge in [0.2, 0.25) is 0 Å². The second-order valence-corrected chi connectivity index (χ2v) is 6.55. The maximum absolute atomic E-state index is 6.09. The average molecular weight is 266 g/mol. The molecule has 1 aliphatic rings. The molecular formula is C14H26N4O. The lowest BCUT2D eigenvalue weighted by Crippen LogP contribution is -2.43. The molecule has 1 saturated heterocycles. The molecule has 1 N–H and O–H groups in total. The van der Waals surface area contributed by atoms with Crippen molar-refractivity contribution in [3.05, 3.63) is 11.6 Å². The topological polar surface area (TPSA) is 52.0 Å². The van der Waals surface area contributed by atoms with Crippen molar-refractivity contribution >= 4 is 0 Å². The lowest BCUT2D eigenvalue weighted by atomic mass is 9.94. The summed E-state index contributed by atoms with van der Waals surface area (Å²) in [5.74, 6) is 2.01. The predicted molar refractivity (Wildman–Crippen MR) is 74.9 cm³/mol. The predicted octanol–water partition coefficient (Wildman–Crippen LogP) is 1.81. The summed E-state index contributed by atoms with van der Waals surface area (Å²) in [6.07, 6.45) is 1.92. The van der Waals surface area contributed by atoms with Crippen molar-refractivity contribution in [2.75, 3.05) is 0 Å². The molecule has 1 aliphatic heterocycles. The van der Waals surface area contributed by atoms with Gasteiger partial charge in [0.05, 0.1) is 17.7 Å². The van der Waals surface area contributed by atoms with Crippen LogP contribution in [-0.2, 0) is 24.8 Å². The molecule has 108 valence electrons. The Morgan fingerprint density at radius 2 is 1.89 bits per heavy atom. The Kier molecular flexibility index (Phi) is 3.71. The summed E-state index contributed by atoms with van der Waals surface area (Å²) < 4.78 is 8.16.